The SMILES string of the molecule is Cc1cc(C)c(-c2cc(-c3ccc4sc5ccccc5c4c3)nc3ccc([Si](C)(C)C)cc23)c(C)c1. The Balaban J connectivity index is 1.65. The van der Waals surface area contributed by atoms with Gasteiger partial charge in [0.15, 0.2) is 0 Å². The molecule has 36 heavy (non-hydrogen) atoms. The fraction of sp³-hybridized carbons (Fsp3) is 0.182. The van der Waals surface area contributed by atoms with Crippen LogP contribution in [-0.4, -0.2) is 13.1 Å². The van der Waals surface area contributed by atoms with E-state index in [0.29, 0.717) is 0 Å². The predicted octanol–water partition coefficient (Wildman–Crippen LogP) is 9.41. The number of fused-ring (bicyclic) bond motifs is 4. The third-order valence-electron chi connectivity index (χ3n) is 7.29. The Hall–Kier alpha value is -3.27. The molecule has 6 rings (SSSR count). The summed E-state index contributed by atoms with van der Waals surface area (Å²) >= 11 is 1.86. The van der Waals surface area contributed by atoms with Crippen molar-refractivity contribution in [1.29, 1.82) is 0 Å². The first kappa shape index (κ1) is 23.1. The van der Waals surface area contributed by atoms with Crippen molar-refractivity contribution in [3.63, 3.8) is 0 Å². The number of benzene rings is 4. The lowest BCUT2D eigenvalue weighted by molar-refractivity contribution is 1.32. The van der Waals surface area contributed by atoms with E-state index in [1.807, 2.05) is 11.3 Å². The number of nitrogens with zero attached hydrogens (tertiary/aromatic N) is 1. The normalized spacial score (nSPS) is 12.2. The number of aryl methyl sites for hydroxylation is 3. The first-order valence-electron chi connectivity index (χ1n) is 12.6. The third kappa shape index (κ3) is 3.87. The molecule has 6 aromatic rings. The van der Waals surface area contributed by atoms with Crippen molar-refractivity contribution in [2.45, 2.75) is 40.4 Å². The summed E-state index contributed by atoms with van der Waals surface area (Å²) in [6.45, 7) is 13.9. The maximum absolute atomic E-state index is 5.22. The van der Waals surface area contributed by atoms with E-state index in [1.165, 1.54) is 64.1 Å². The fourth-order valence-electron chi connectivity index (χ4n) is 5.54. The van der Waals surface area contributed by atoms with Gasteiger partial charge in [-0.05, 0) is 73.4 Å². The Bertz CT molecular complexity index is 1780. The summed E-state index contributed by atoms with van der Waals surface area (Å²) < 4.78 is 2.66. The van der Waals surface area contributed by atoms with Crippen molar-refractivity contribution in [3.05, 3.63) is 95.6 Å². The van der Waals surface area contributed by atoms with Crippen LogP contribution in [0.3, 0.4) is 0 Å². The lowest BCUT2D eigenvalue weighted by Gasteiger charge is -2.20. The van der Waals surface area contributed by atoms with Gasteiger partial charge in [-0.1, -0.05) is 78.9 Å². The van der Waals surface area contributed by atoms with Crippen LogP contribution in [0.5, 0.6) is 0 Å². The second-order valence-corrected chi connectivity index (χ2v) is 17.3. The summed E-state index contributed by atoms with van der Waals surface area (Å²) in [6, 6.07) is 29.4. The van der Waals surface area contributed by atoms with E-state index in [1.54, 1.807) is 0 Å². The van der Waals surface area contributed by atoms with Crippen LogP contribution in [0.25, 0.3) is 53.5 Å². The van der Waals surface area contributed by atoms with E-state index in [-0.39, 0.29) is 0 Å². The summed E-state index contributed by atoms with van der Waals surface area (Å²) in [7, 11) is -1.46. The lowest BCUT2D eigenvalue weighted by atomic mass is 9.90. The summed E-state index contributed by atoms with van der Waals surface area (Å²) in [4.78, 5) is 5.22. The zero-order valence-corrected chi connectivity index (χ0v) is 23.7. The first-order valence-corrected chi connectivity index (χ1v) is 17.0. The molecular formula is C33H31NSSi. The number of hydrogen-bond acceptors (Lipinski definition) is 2. The molecule has 178 valence electrons. The minimum Gasteiger partial charge on any atom is -0.248 e. The van der Waals surface area contributed by atoms with Crippen LogP contribution in [0.1, 0.15) is 16.7 Å². The van der Waals surface area contributed by atoms with Gasteiger partial charge < -0.3 is 0 Å². The standard InChI is InChI=1S/C33H31NSSi/c1-20-15-21(2)33(22(3)16-20)28-19-30(34-29-13-12-24(18-26(28)29)36(4,5)6)23-11-14-32-27(17-23)25-9-7-8-10-31(25)35-32/h7-19H,1-6H3. The van der Waals surface area contributed by atoms with Crippen molar-refractivity contribution in [2.75, 3.05) is 0 Å². The van der Waals surface area contributed by atoms with Crippen molar-refractivity contribution < 1.29 is 0 Å². The molecule has 2 heterocycles. The van der Waals surface area contributed by atoms with Gasteiger partial charge in [-0.2, -0.15) is 0 Å². The Morgan fingerprint density at radius 2 is 1.39 bits per heavy atom. The number of aromatic nitrogens is 1. The second-order valence-electron chi connectivity index (χ2n) is 11.1. The van der Waals surface area contributed by atoms with Crippen molar-refractivity contribution >= 4 is 55.7 Å². The zero-order valence-electron chi connectivity index (χ0n) is 21.9. The first-order chi connectivity index (χ1) is 17.2. The van der Waals surface area contributed by atoms with Gasteiger partial charge in [-0.3, -0.25) is 0 Å². The smallest absolute Gasteiger partial charge is 0.0776 e. The maximum atomic E-state index is 5.22. The molecular weight excluding hydrogens is 471 g/mol. The highest BCUT2D eigenvalue weighted by Crippen LogP contribution is 2.39. The van der Waals surface area contributed by atoms with Gasteiger partial charge in [0.05, 0.1) is 19.3 Å². The molecule has 0 aliphatic heterocycles. The van der Waals surface area contributed by atoms with Crippen LogP contribution >= 0.6 is 11.3 Å². The van der Waals surface area contributed by atoms with Gasteiger partial charge in [-0.15, -0.1) is 11.3 Å². The molecule has 0 fully saturated rings. The van der Waals surface area contributed by atoms with E-state index >= 15 is 0 Å². The minimum absolute atomic E-state index is 1.04. The largest absolute Gasteiger partial charge is 0.248 e. The molecule has 0 aliphatic carbocycles. The highest BCUT2D eigenvalue weighted by atomic mass is 32.1. The highest BCUT2D eigenvalue weighted by Gasteiger charge is 2.20. The van der Waals surface area contributed by atoms with Crippen LogP contribution in [0, 0.1) is 20.8 Å². The van der Waals surface area contributed by atoms with Crippen molar-refractivity contribution in [2.24, 2.45) is 0 Å². The number of thiophene rings is 1. The Labute approximate surface area is 218 Å². The molecule has 0 aliphatic rings. The topological polar surface area (TPSA) is 12.9 Å². The maximum Gasteiger partial charge on any atom is 0.0776 e. The Morgan fingerprint density at radius 3 is 2.14 bits per heavy atom. The van der Waals surface area contributed by atoms with E-state index in [2.05, 4.69) is 119 Å². The Morgan fingerprint density at radius 1 is 0.667 bits per heavy atom. The lowest BCUT2D eigenvalue weighted by Crippen LogP contribution is -2.37. The average molecular weight is 502 g/mol. The molecule has 3 heteroatoms. The minimum atomic E-state index is -1.46. The molecule has 4 aromatic carbocycles. The molecule has 0 amide bonds. The zero-order chi connectivity index (χ0) is 25.2. The van der Waals surface area contributed by atoms with E-state index < -0.39 is 8.07 Å². The molecule has 0 unspecified atom stereocenters. The molecule has 0 radical (unpaired) electrons. The monoisotopic (exact) mass is 501 g/mol. The van der Waals surface area contributed by atoms with E-state index in [0.717, 1.165) is 11.2 Å². The number of hydrogen-bond donors (Lipinski definition) is 0. The molecule has 1 nitrogen and oxygen atoms in total. The fourth-order valence-corrected chi connectivity index (χ4v) is 7.78. The molecule has 0 bridgehead atoms. The summed E-state index contributed by atoms with van der Waals surface area (Å²) in [5.41, 5.74) is 9.86. The predicted molar refractivity (Wildman–Crippen MR) is 163 cm³/mol. The quantitative estimate of drug-likeness (QED) is 0.220. The summed E-state index contributed by atoms with van der Waals surface area (Å²) in [5, 5.41) is 5.37. The molecule has 2 aromatic heterocycles. The summed E-state index contributed by atoms with van der Waals surface area (Å²) in [6.07, 6.45) is 0. The van der Waals surface area contributed by atoms with Crippen LogP contribution < -0.4 is 5.19 Å². The Kier molecular flexibility index (Phi) is 5.40. The van der Waals surface area contributed by atoms with Gasteiger partial charge in [0.2, 0.25) is 0 Å². The molecule has 0 saturated carbocycles. The van der Waals surface area contributed by atoms with Gasteiger partial charge in [-0.25, -0.2) is 4.98 Å². The van der Waals surface area contributed by atoms with Crippen LogP contribution in [0.2, 0.25) is 19.6 Å². The van der Waals surface area contributed by atoms with Crippen LogP contribution in [0.4, 0.5) is 0 Å². The molecule has 0 atom stereocenters. The molecule has 0 N–H and O–H groups in total. The van der Waals surface area contributed by atoms with Gasteiger partial charge in [0.1, 0.15) is 0 Å². The summed E-state index contributed by atoms with van der Waals surface area (Å²) in [5.74, 6) is 0. The molecule has 0 spiro atoms. The van der Waals surface area contributed by atoms with Crippen LogP contribution in [0.15, 0.2) is 78.9 Å². The average Bonchev–Trinajstić information content (AvgIpc) is 3.20. The van der Waals surface area contributed by atoms with Gasteiger partial charge in [0, 0.05) is 31.1 Å². The number of pyridine rings is 1. The van der Waals surface area contributed by atoms with Gasteiger partial charge >= 0.3 is 0 Å². The van der Waals surface area contributed by atoms with E-state index in [4.69, 9.17) is 4.98 Å². The second kappa shape index (κ2) is 8.40. The van der Waals surface area contributed by atoms with Crippen molar-refractivity contribution in [3.8, 4) is 22.4 Å². The third-order valence-corrected chi connectivity index (χ3v) is 10.5. The van der Waals surface area contributed by atoms with E-state index in [9.17, 15) is 0 Å². The van der Waals surface area contributed by atoms with Crippen molar-refractivity contribution in [1.82, 2.24) is 4.98 Å². The number of rotatable bonds is 3. The molecule has 0 saturated heterocycles. The van der Waals surface area contributed by atoms with Gasteiger partial charge in [0.25, 0.3) is 0 Å². The van der Waals surface area contributed by atoms with Crippen LogP contribution in [-0.2, 0) is 0 Å². The highest BCUT2D eigenvalue weighted by molar-refractivity contribution is 7.25.